The molecule has 19 heavy (non-hydrogen) atoms. The maximum Gasteiger partial charge on any atom is 0.171 e. The van der Waals surface area contributed by atoms with E-state index in [1.54, 1.807) is 0 Å². The minimum atomic E-state index is 0.101. The van der Waals surface area contributed by atoms with Crippen molar-refractivity contribution in [1.82, 2.24) is 4.90 Å². The Bertz CT molecular complexity index is 479. The number of carbonyl (C=O) groups excluding carboxylic acids is 1. The highest BCUT2D eigenvalue weighted by Crippen LogP contribution is 2.42. The quantitative estimate of drug-likeness (QED) is 0.668. The van der Waals surface area contributed by atoms with Gasteiger partial charge in [-0.3, -0.25) is 9.69 Å². The minimum absolute atomic E-state index is 0.101. The molecular weight excluding hydrogens is 238 g/mol. The lowest BCUT2D eigenvalue weighted by Crippen LogP contribution is -2.54. The number of allylic oxidation sites excluding steroid dienone is 3. The summed E-state index contributed by atoms with van der Waals surface area (Å²) < 4.78 is 6.19. The SMILES string of the molecule is C[C@H]1CC=CC2=C1C(=O)[C@@H]1[C@H](CCN3CCC[C@H]13)O2. The second-order valence-electron chi connectivity index (χ2n) is 6.40. The van der Waals surface area contributed by atoms with E-state index >= 15 is 0 Å². The number of hydrogen-bond donors (Lipinski definition) is 0. The van der Waals surface area contributed by atoms with E-state index in [1.165, 1.54) is 19.4 Å². The monoisotopic (exact) mass is 259 g/mol. The lowest BCUT2D eigenvalue weighted by Gasteiger charge is -2.45. The van der Waals surface area contributed by atoms with Gasteiger partial charge in [0.1, 0.15) is 11.9 Å². The molecule has 3 heteroatoms. The van der Waals surface area contributed by atoms with Crippen LogP contribution in [-0.4, -0.2) is 35.9 Å². The Hall–Kier alpha value is -1.09. The predicted molar refractivity (Wildman–Crippen MR) is 72.5 cm³/mol. The highest BCUT2D eigenvalue weighted by Gasteiger charge is 2.49. The van der Waals surface area contributed by atoms with E-state index in [9.17, 15) is 4.79 Å². The standard InChI is InChI=1S/C16H21NO2/c1-10-4-2-6-12-14(10)16(18)15-11-5-3-8-17(11)9-7-13(15)19-12/h2,6,10-11,13,15H,3-5,7-9H2,1H3/t10-,11+,13-,15-/m0/s1. The molecule has 0 spiro atoms. The van der Waals surface area contributed by atoms with Crippen molar-refractivity contribution >= 4 is 5.78 Å². The number of carbonyl (C=O) groups is 1. The first-order chi connectivity index (χ1) is 9.25. The highest BCUT2D eigenvalue weighted by atomic mass is 16.5. The Labute approximate surface area is 114 Å². The molecule has 0 radical (unpaired) electrons. The van der Waals surface area contributed by atoms with E-state index < -0.39 is 0 Å². The van der Waals surface area contributed by atoms with Gasteiger partial charge in [-0.1, -0.05) is 13.0 Å². The topological polar surface area (TPSA) is 29.5 Å². The van der Waals surface area contributed by atoms with Crippen molar-refractivity contribution in [1.29, 1.82) is 0 Å². The second kappa shape index (κ2) is 4.20. The summed E-state index contributed by atoms with van der Waals surface area (Å²) in [5.74, 6) is 1.69. The molecule has 2 fully saturated rings. The molecule has 0 amide bonds. The van der Waals surface area contributed by atoms with Gasteiger partial charge in [-0.25, -0.2) is 0 Å². The Morgan fingerprint density at radius 2 is 2.21 bits per heavy atom. The Morgan fingerprint density at radius 3 is 3.11 bits per heavy atom. The van der Waals surface area contributed by atoms with Gasteiger partial charge in [0.25, 0.3) is 0 Å². The van der Waals surface area contributed by atoms with Crippen molar-refractivity contribution in [3.05, 3.63) is 23.5 Å². The number of rotatable bonds is 0. The second-order valence-corrected chi connectivity index (χ2v) is 6.40. The molecule has 0 aromatic rings. The first kappa shape index (κ1) is 11.7. The van der Waals surface area contributed by atoms with Gasteiger partial charge in [-0.15, -0.1) is 0 Å². The molecule has 3 nitrogen and oxygen atoms in total. The van der Waals surface area contributed by atoms with Gasteiger partial charge in [-0.2, -0.15) is 0 Å². The van der Waals surface area contributed by atoms with Crippen LogP contribution in [0.1, 0.15) is 32.6 Å². The van der Waals surface area contributed by atoms with E-state index in [4.69, 9.17) is 4.74 Å². The maximum absolute atomic E-state index is 12.9. The number of ether oxygens (including phenoxy) is 1. The largest absolute Gasteiger partial charge is 0.489 e. The zero-order chi connectivity index (χ0) is 13.0. The van der Waals surface area contributed by atoms with Gasteiger partial charge in [-0.05, 0) is 44.2 Å². The lowest BCUT2D eigenvalue weighted by atomic mass is 9.74. The van der Waals surface area contributed by atoms with Crippen LogP contribution in [-0.2, 0) is 9.53 Å². The van der Waals surface area contributed by atoms with Crippen molar-refractivity contribution in [2.75, 3.05) is 13.1 Å². The molecule has 0 aromatic carbocycles. The van der Waals surface area contributed by atoms with E-state index in [2.05, 4.69) is 17.9 Å². The van der Waals surface area contributed by atoms with Crippen LogP contribution >= 0.6 is 0 Å². The van der Waals surface area contributed by atoms with Gasteiger partial charge in [0.2, 0.25) is 0 Å². The summed E-state index contributed by atoms with van der Waals surface area (Å²) in [6, 6.07) is 0.443. The normalized spacial score (nSPS) is 41.6. The first-order valence-corrected chi connectivity index (χ1v) is 7.61. The molecule has 4 rings (SSSR count). The predicted octanol–water partition coefficient (Wildman–Crippen LogP) is 2.29. The summed E-state index contributed by atoms with van der Waals surface area (Å²) >= 11 is 0. The molecule has 4 aliphatic rings. The molecule has 3 aliphatic heterocycles. The fourth-order valence-corrected chi connectivity index (χ4v) is 4.37. The molecular formula is C16H21NO2. The fraction of sp³-hybridized carbons (Fsp3) is 0.688. The van der Waals surface area contributed by atoms with E-state index in [0.29, 0.717) is 17.7 Å². The van der Waals surface area contributed by atoms with Crippen LogP contribution in [0.15, 0.2) is 23.5 Å². The summed E-state index contributed by atoms with van der Waals surface area (Å²) in [4.78, 5) is 15.5. The zero-order valence-electron chi connectivity index (χ0n) is 11.5. The van der Waals surface area contributed by atoms with Crippen LogP contribution < -0.4 is 0 Å². The number of fused-ring (bicyclic) bond motifs is 3. The highest BCUT2D eigenvalue weighted by molar-refractivity contribution is 6.00. The first-order valence-electron chi connectivity index (χ1n) is 7.61. The third kappa shape index (κ3) is 1.64. The van der Waals surface area contributed by atoms with Gasteiger partial charge in [0.05, 0.1) is 5.92 Å². The average molecular weight is 259 g/mol. The molecule has 0 aromatic heterocycles. The summed E-state index contributed by atoms with van der Waals surface area (Å²) in [5, 5.41) is 0. The van der Waals surface area contributed by atoms with Gasteiger partial charge < -0.3 is 4.74 Å². The Morgan fingerprint density at radius 1 is 1.32 bits per heavy atom. The average Bonchev–Trinajstić information content (AvgIpc) is 2.86. The van der Waals surface area contributed by atoms with Crippen LogP contribution in [0.2, 0.25) is 0 Å². The van der Waals surface area contributed by atoms with Crippen LogP contribution in [0.3, 0.4) is 0 Å². The fourth-order valence-electron chi connectivity index (χ4n) is 4.37. The molecule has 4 atom stereocenters. The molecule has 102 valence electrons. The minimum Gasteiger partial charge on any atom is -0.489 e. The smallest absolute Gasteiger partial charge is 0.171 e. The van der Waals surface area contributed by atoms with Crippen molar-refractivity contribution in [2.24, 2.45) is 11.8 Å². The molecule has 0 bridgehead atoms. The van der Waals surface area contributed by atoms with Crippen molar-refractivity contribution in [2.45, 2.75) is 44.8 Å². The van der Waals surface area contributed by atoms with Gasteiger partial charge in [0, 0.05) is 18.2 Å². The number of hydrogen-bond acceptors (Lipinski definition) is 3. The number of Topliss-reactive ketones (excluding diaryl/α,β-unsaturated/α-hetero) is 1. The van der Waals surface area contributed by atoms with E-state index in [1.807, 2.05) is 6.08 Å². The molecule has 2 saturated heterocycles. The van der Waals surface area contributed by atoms with Gasteiger partial charge in [0.15, 0.2) is 5.78 Å². The molecule has 1 aliphatic carbocycles. The van der Waals surface area contributed by atoms with Crippen LogP contribution in [0.25, 0.3) is 0 Å². The van der Waals surface area contributed by atoms with E-state index in [-0.39, 0.29) is 12.0 Å². The van der Waals surface area contributed by atoms with Crippen LogP contribution in [0.4, 0.5) is 0 Å². The van der Waals surface area contributed by atoms with Gasteiger partial charge >= 0.3 is 0 Å². The summed E-state index contributed by atoms with van der Waals surface area (Å²) in [6.07, 6.45) is 8.67. The Balaban J connectivity index is 1.73. The summed E-state index contributed by atoms with van der Waals surface area (Å²) in [7, 11) is 0. The van der Waals surface area contributed by atoms with E-state index in [0.717, 1.165) is 30.7 Å². The number of ketones is 1. The molecule has 0 saturated carbocycles. The third-order valence-corrected chi connectivity index (χ3v) is 5.29. The molecule has 3 heterocycles. The summed E-state index contributed by atoms with van der Waals surface area (Å²) in [6.45, 7) is 4.42. The number of piperidine rings is 1. The molecule has 0 N–H and O–H groups in total. The Kier molecular flexibility index (Phi) is 2.59. The van der Waals surface area contributed by atoms with Crippen molar-refractivity contribution < 1.29 is 9.53 Å². The van der Waals surface area contributed by atoms with Crippen LogP contribution in [0.5, 0.6) is 0 Å². The van der Waals surface area contributed by atoms with Crippen molar-refractivity contribution in [3.63, 3.8) is 0 Å². The number of nitrogens with zero attached hydrogens (tertiary/aromatic N) is 1. The van der Waals surface area contributed by atoms with Crippen molar-refractivity contribution in [3.8, 4) is 0 Å². The molecule has 0 unspecified atom stereocenters. The summed E-state index contributed by atoms with van der Waals surface area (Å²) in [5.41, 5.74) is 0.970. The van der Waals surface area contributed by atoms with Crippen LogP contribution in [0, 0.1) is 11.8 Å². The lowest BCUT2D eigenvalue weighted by molar-refractivity contribution is -0.133. The third-order valence-electron chi connectivity index (χ3n) is 5.29. The maximum atomic E-state index is 12.9. The zero-order valence-corrected chi connectivity index (χ0v) is 11.5.